The molecule has 106 valence electrons. The molecule has 0 aliphatic heterocycles. The number of hydrogen-bond donors (Lipinski definition) is 0. The molecule has 3 atom stereocenters. The number of hydrogen-bond acceptors (Lipinski definition) is 2. The van der Waals surface area contributed by atoms with E-state index in [4.69, 9.17) is 0 Å². The summed E-state index contributed by atoms with van der Waals surface area (Å²) in [4.78, 5) is 0. The Bertz CT molecular complexity index is 521. The van der Waals surface area contributed by atoms with Gasteiger partial charge in [-0.2, -0.15) is 0 Å². The van der Waals surface area contributed by atoms with Crippen molar-refractivity contribution in [2.75, 3.05) is 0 Å². The summed E-state index contributed by atoms with van der Waals surface area (Å²) < 4.78 is 25.0. The van der Waals surface area contributed by atoms with Crippen LogP contribution in [0.15, 0.2) is 30.3 Å². The van der Waals surface area contributed by atoms with E-state index in [9.17, 15) is 8.42 Å². The fraction of sp³-hybridized carbons (Fsp3) is 0.625. The zero-order valence-corrected chi connectivity index (χ0v) is 12.9. The second-order valence-electron chi connectivity index (χ2n) is 6.34. The van der Waals surface area contributed by atoms with E-state index in [1.165, 1.54) is 0 Å². The van der Waals surface area contributed by atoms with Gasteiger partial charge < -0.3 is 0 Å². The van der Waals surface area contributed by atoms with Crippen LogP contribution in [0.5, 0.6) is 0 Å². The zero-order chi connectivity index (χ0) is 14.1. The third-order valence-corrected chi connectivity index (χ3v) is 7.58. The Balaban J connectivity index is 2.24. The van der Waals surface area contributed by atoms with Gasteiger partial charge in [0, 0.05) is 0 Å². The Hall–Kier alpha value is -0.830. The Morgan fingerprint density at radius 2 is 1.84 bits per heavy atom. The molecular formula is C16H24O2S. The maximum Gasteiger partial charge on any atom is 0.160 e. The van der Waals surface area contributed by atoms with Crippen molar-refractivity contribution in [3.8, 4) is 0 Å². The lowest BCUT2D eigenvalue weighted by molar-refractivity contribution is 0.237. The Morgan fingerprint density at radius 1 is 1.21 bits per heavy atom. The molecule has 3 unspecified atom stereocenters. The number of benzene rings is 1. The molecule has 1 aromatic rings. The predicted octanol–water partition coefficient (Wildman–Crippen LogP) is 3.82. The van der Waals surface area contributed by atoms with Gasteiger partial charge in [0.15, 0.2) is 9.84 Å². The predicted molar refractivity (Wildman–Crippen MR) is 79.6 cm³/mol. The molecule has 1 aliphatic rings. The average Bonchev–Trinajstić information content (AvgIpc) is 2.35. The smallest absolute Gasteiger partial charge is 0.160 e. The van der Waals surface area contributed by atoms with E-state index in [1.54, 1.807) is 0 Å². The molecule has 19 heavy (non-hydrogen) atoms. The molecule has 1 aromatic carbocycles. The van der Waals surface area contributed by atoms with Crippen LogP contribution in [0.25, 0.3) is 0 Å². The second kappa shape index (κ2) is 5.28. The fourth-order valence-corrected chi connectivity index (χ4v) is 5.27. The normalized spacial score (nSPS) is 32.2. The maximum absolute atomic E-state index is 12.8. The molecular weight excluding hydrogens is 256 g/mol. The molecule has 0 N–H and O–H groups in total. The van der Waals surface area contributed by atoms with Crippen molar-refractivity contribution < 1.29 is 8.42 Å². The van der Waals surface area contributed by atoms with Gasteiger partial charge in [-0.05, 0) is 43.6 Å². The quantitative estimate of drug-likeness (QED) is 0.843. The largest absolute Gasteiger partial charge is 0.228 e. The molecule has 0 aromatic heterocycles. The van der Waals surface area contributed by atoms with Crippen molar-refractivity contribution >= 4 is 9.84 Å². The number of sulfone groups is 1. The van der Waals surface area contributed by atoms with Gasteiger partial charge in [-0.1, -0.05) is 44.2 Å². The van der Waals surface area contributed by atoms with Crippen molar-refractivity contribution in [3.63, 3.8) is 0 Å². The molecule has 0 saturated heterocycles. The lowest BCUT2D eigenvalue weighted by Crippen LogP contribution is -2.46. The molecule has 2 rings (SSSR count). The van der Waals surface area contributed by atoms with Crippen LogP contribution < -0.4 is 0 Å². The summed E-state index contributed by atoms with van der Waals surface area (Å²) in [5.74, 6) is 1.06. The van der Waals surface area contributed by atoms with Gasteiger partial charge in [-0.25, -0.2) is 8.42 Å². The molecule has 1 saturated carbocycles. The third-order valence-electron chi connectivity index (χ3n) is 4.84. The standard InChI is InChI=1S/C16H24O2S/c1-13-9-10-16(3,14(2)11-13)19(17,18)12-15-7-5-4-6-8-15/h4-8,13-14H,9-12H2,1-3H3. The van der Waals surface area contributed by atoms with Crippen molar-refractivity contribution in [1.29, 1.82) is 0 Å². The van der Waals surface area contributed by atoms with Crippen LogP contribution in [0.3, 0.4) is 0 Å². The first-order valence-electron chi connectivity index (χ1n) is 7.11. The lowest BCUT2D eigenvalue weighted by atomic mass is 9.76. The first kappa shape index (κ1) is 14.6. The fourth-order valence-electron chi connectivity index (χ4n) is 3.17. The summed E-state index contributed by atoms with van der Waals surface area (Å²) in [6, 6.07) is 9.52. The van der Waals surface area contributed by atoms with Crippen molar-refractivity contribution in [2.24, 2.45) is 11.8 Å². The van der Waals surface area contributed by atoms with E-state index in [1.807, 2.05) is 37.3 Å². The molecule has 0 heterocycles. The highest BCUT2D eigenvalue weighted by Gasteiger charge is 2.46. The van der Waals surface area contributed by atoms with E-state index in [2.05, 4.69) is 13.8 Å². The molecule has 0 radical (unpaired) electrons. The minimum Gasteiger partial charge on any atom is -0.228 e. The van der Waals surface area contributed by atoms with Gasteiger partial charge in [0.25, 0.3) is 0 Å². The van der Waals surface area contributed by atoms with E-state index in [0.717, 1.165) is 24.8 Å². The highest BCUT2D eigenvalue weighted by atomic mass is 32.2. The van der Waals surface area contributed by atoms with E-state index in [0.29, 0.717) is 5.92 Å². The van der Waals surface area contributed by atoms with Crippen molar-refractivity contribution in [2.45, 2.75) is 50.5 Å². The third kappa shape index (κ3) is 2.86. The highest BCUT2D eigenvalue weighted by molar-refractivity contribution is 7.92. The van der Waals surface area contributed by atoms with Crippen molar-refractivity contribution in [3.05, 3.63) is 35.9 Å². The second-order valence-corrected chi connectivity index (χ2v) is 8.79. The Kier molecular flexibility index (Phi) is 4.05. The van der Waals surface area contributed by atoms with Crippen LogP contribution in [0.4, 0.5) is 0 Å². The minimum atomic E-state index is -3.11. The molecule has 0 spiro atoms. The van der Waals surface area contributed by atoms with E-state index < -0.39 is 14.6 Å². The van der Waals surface area contributed by atoms with Crippen molar-refractivity contribution in [1.82, 2.24) is 0 Å². The van der Waals surface area contributed by atoms with E-state index >= 15 is 0 Å². The molecule has 2 nitrogen and oxygen atoms in total. The zero-order valence-electron chi connectivity index (χ0n) is 12.1. The van der Waals surface area contributed by atoms with Gasteiger partial charge in [-0.3, -0.25) is 0 Å². The van der Waals surface area contributed by atoms with Crippen LogP contribution >= 0.6 is 0 Å². The van der Waals surface area contributed by atoms with Gasteiger partial charge in [0.2, 0.25) is 0 Å². The molecule has 0 amide bonds. The minimum absolute atomic E-state index is 0.170. The summed E-state index contributed by atoms with van der Waals surface area (Å²) in [7, 11) is -3.11. The molecule has 0 bridgehead atoms. The highest BCUT2D eigenvalue weighted by Crippen LogP contribution is 2.43. The SMILES string of the molecule is CC1CCC(C)(S(=O)(=O)Cc2ccccc2)C(C)C1. The number of rotatable bonds is 3. The van der Waals surface area contributed by atoms with Gasteiger partial charge in [-0.15, -0.1) is 0 Å². The maximum atomic E-state index is 12.8. The molecule has 1 fully saturated rings. The summed E-state index contributed by atoms with van der Waals surface area (Å²) in [5.41, 5.74) is 0.898. The summed E-state index contributed by atoms with van der Waals surface area (Å²) in [6.45, 7) is 6.26. The summed E-state index contributed by atoms with van der Waals surface area (Å²) >= 11 is 0. The van der Waals surface area contributed by atoms with Gasteiger partial charge in [0.1, 0.15) is 0 Å². The monoisotopic (exact) mass is 280 g/mol. The van der Waals surface area contributed by atoms with Crippen LogP contribution in [-0.2, 0) is 15.6 Å². The average molecular weight is 280 g/mol. The lowest BCUT2D eigenvalue weighted by Gasteiger charge is -2.41. The summed E-state index contributed by atoms with van der Waals surface area (Å²) in [6.07, 6.45) is 2.84. The topological polar surface area (TPSA) is 34.1 Å². The van der Waals surface area contributed by atoms with Crippen LogP contribution in [0, 0.1) is 11.8 Å². The first-order valence-corrected chi connectivity index (χ1v) is 8.76. The molecule has 3 heteroatoms. The van der Waals surface area contributed by atoms with Gasteiger partial charge in [0.05, 0.1) is 10.5 Å². The first-order chi connectivity index (χ1) is 8.85. The van der Waals surface area contributed by atoms with Crippen LogP contribution in [0.1, 0.15) is 45.6 Å². The Morgan fingerprint density at radius 3 is 2.42 bits per heavy atom. The van der Waals surface area contributed by atoms with E-state index in [-0.39, 0.29) is 11.7 Å². The van der Waals surface area contributed by atoms with Crippen LogP contribution in [-0.4, -0.2) is 13.2 Å². The molecule has 1 aliphatic carbocycles. The Labute approximate surface area is 117 Å². The summed E-state index contributed by atoms with van der Waals surface area (Å²) in [5, 5.41) is 0. The van der Waals surface area contributed by atoms with Gasteiger partial charge >= 0.3 is 0 Å². The van der Waals surface area contributed by atoms with Crippen LogP contribution in [0.2, 0.25) is 0 Å².